The molecule has 10 heteroatoms. The van der Waals surface area contributed by atoms with Gasteiger partial charge >= 0.3 is 0 Å². The van der Waals surface area contributed by atoms with Crippen LogP contribution in [0.2, 0.25) is 0 Å². The predicted octanol–water partition coefficient (Wildman–Crippen LogP) is 4.63. The molecule has 0 saturated carbocycles. The second-order valence-corrected chi connectivity index (χ2v) is 7.34. The zero-order chi connectivity index (χ0) is 24.2. The summed E-state index contributed by atoms with van der Waals surface area (Å²) < 4.78 is 38.5. The lowest BCUT2D eigenvalue weighted by molar-refractivity contribution is 0.0180. The summed E-state index contributed by atoms with van der Waals surface area (Å²) in [5, 5.41) is 3.78. The van der Waals surface area contributed by atoms with Gasteiger partial charge in [-0.1, -0.05) is 25.9 Å². The Morgan fingerprint density at radius 2 is 1.27 bits per heavy atom. The standard InChI is InChI=1S/C23H39N3O7/c1-5-6-28-9-10-30-13-15-32-22-18-23(21(25-26-24)17-20(22)19(2)3)33-16-14-31-12-11-29-8-7-27-4/h17-19H,5-16H2,1-4H3. The third-order valence-electron chi connectivity index (χ3n) is 4.36. The minimum absolute atomic E-state index is 0.173. The minimum atomic E-state index is 0.173. The number of benzene rings is 1. The predicted molar refractivity (Wildman–Crippen MR) is 126 cm³/mol. The van der Waals surface area contributed by atoms with Crippen LogP contribution in [0.3, 0.4) is 0 Å². The van der Waals surface area contributed by atoms with Crippen LogP contribution >= 0.6 is 0 Å². The first kappa shape index (κ1) is 29.0. The first-order valence-electron chi connectivity index (χ1n) is 11.4. The summed E-state index contributed by atoms with van der Waals surface area (Å²) in [6.45, 7) is 11.6. The molecule has 0 saturated heterocycles. The molecule has 0 heterocycles. The van der Waals surface area contributed by atoms with Crippen LogP contribution in [0.1, 0.15) is 38.7 Å². The van der Waals surface area contributed by atoms with Gasteiger partial charge in [0, 0.05) is 24.7 Å². The summed E-state index contributed by atoms with van der Waals surface area (Å²) in [6.07, 6.45) is 0.993. The van der Waals surface area contributed by atoms with Gasteiger partial charge in [-0.25, -0.2) is 0 Å². The van der Waals surface area contributed by atoms with E-state index in [0.717, 1.165) is 18.6 Å². The number of hydrogen-bond acceptors (Lipinski definition) is 8. The van der Waals surface area contributed by atoms with Gasteiger partial charge in [-0.05, 0) is 29.5 Å². The van der Waals surface area contributed by atoms with E-state index < -0.39 is 0 Å². The van der Waals surface area contributed by atoms with Crippen molar-refractivity contribution in [1.29, 1.82) is 0 Å². The third kappa shape index (κ3) is 13.3. The number of methoxy groups -OCH3 is 1. The molecular weight excluding hydrogens is 430 g/mol. The highest BCUT2D eigenvalue weighted by molar-refractivity contribution is 5.59. The number of azide groups is 1. The maximum absolute atomic E-state index is 8.95. The Hall–Kier alpha value is -2.07. The molecule has 1 rings (SSSR count). The topological polar surface area (TPSA) is 113 Å². The molecule has 0 bridgehead atoms. The maximum atomic E-state index is 8.95. The van der Waals surface area contributed by atoms with Crippen molar-refractivity contribution in [2.24, 2.45) is 5.11 Å². The van der Waals surface area contributed by atoms with Crippen LogP contribution < -0.4 is 9.47 Å². The van der Waals surface area contributed by atoms with E-state index in [1.165, 1.54) is 0 Å². The lowest BCUT2D eigenvalue weighted by Crippen LogP contribution is -2.13. The van der Waals surface area contributed by atoms with Gasteiger partial charge in [-0.2, -0.15) is 0 Å². The maximum Gasteiger partial charge on any atom is 0.132 e. The summed E-state index contributed by atoms with van der Waals surface area (Å²) in [7, 11) is 1.63. The van der Waals surface area contributed by atoms with Crippen LogP contribution in [0.4, 0.5) is 5.69 Å². The van der Waals surface area contributed by atoms with Gasteiger partial charge in [-0.3, -0.25) is 0 Å². The molecule has 0 aromatic heterocycles. The first-order chi connectivity index (χ1) is 16.1. The van der Waals surface area contributed by atoms with E-state index in [1.807, 2.05) is 13.8 Å². The van der Waals surface area contributed by atoms with Crippen LogP contribution in [-0.2, 0) is 23.7 Å². The lowest BCUT2D eigenvalue weighted by atomic mass is 10.0. The third-order valence-corrected chi connectivity index (χ3v) is 4.36. The molecule has 0 aliphatic heterocycles. The molecule has 0 N–H and O–H groups in total. The fraction of sp³-hybridized carbons (Fsp3) is 0.739. The highest BCUT2D eigenvalue weighted by Crippen LogP contribution is 2.38. The molecular formula is C23H39N3O7. The summed E-state index contributed by atoms with van der Waals surface area (Å²) >= 11 is 0. The Morgan fingerprint density at radius 3 is 1.79 bits per heavy atom. The van der Waals surface area contributed by atoms with Gasteiger partial charge in [0.15, 0.2) is 0 Å². The second kappa shape index (κ2) is 19.4. The van der Waals surface area contributed by atoms with E-state index in [-0.39, 0.29) is 5.92 Å². The van der Waals surface area contributed by atoms with Crippen LogP contribution in [-0.4, -0.2) is 79.8 Å². The molecule has 33 heavy (non-hydrogen) atoms. The summed E-state index contributed by atoms with van der Waals surface area (Å²) in [4.78, 5) is 2.92. The van der Waals surface area contributed by atoms with E-state index >= 15 is 0 Å². The molecule has 1 aromatic carbocycles. The largest absolute Gasteiger partial charge is 0.491 e. The van der Waals surface area contributed by atoms with Crippen molar-refractivity contribution in [1.82, 2.24) is 0 Å². The highest BCUT2D eigenvalue weighted by atomic mass is 16.6. The average molecular weight is 470 g/mol. The molecule has 0 radical (unpaired) electrons. The fourth-order valence-corrected chi connectivity index (χ4v) is 2.74. The Kier molecular flexibility index (Phi) is 17.0. The van der Waals surface area contributed by atoms with Crippen molar-refractivity contribution < 1.29 is 33.2 Å². The molecule has 0 aliphatic rings. The van der Waals surface area contributed by atoms with Gasteiger partial charge < -0.3 is 33.2 Å². The Bertz CT molecular complexity index is 682. The van der Waals surface area contributed by atoms with Crippen molar-refractivity contribution in [2.75, 3.05) is 79.8 Å². The van der Waals surface area contributed by atoms with Crippen LogP contribution in [0.15, 0.2) is 17.2 Å². The van der Waals surface area contributed by atoms with Gasteiger partial charge in [0.1, 0.15) is 24.7 Å². The molecule has 1 aromatic rings. The Balaban J connectivity index is 2.57. The highest BCUT2D eigenvalue weighted by Gasteiger charge is 2.14. The Labute approximate surface area is 197 Å². The average Bonchev–Trinajstić information content (AvgIpc) is 2.80. The molecule has 0 aliphatic carbocycles. The quantitative estimate of drug-likeness (QED) is 0.112. The number of rotatable bonds is 21. The van der Waals surface area contributed by atoms with Crippen LogP contribution in [0, 0.1) is 0 Å². The lowest BCUT2D eigenvalue weighted by Gasteiger charge is -2.18. The van der Waals surface area contributed by atoms with Gasteiger partial charge in [0.2, 0.25) is 0 Å². The molecule has 0 unspecified atom stereocenters. The van der Waals surface area contributed by atoms with Gasteiger partial charge in [0.05, 0.1) is 58.5 Å². The second-order valence-electron chi connectivity index (χ2n) is 7.34. The summed E-state index contributed by atoms with van der Waals surface area (Å²) in [6, 6.07) is 3.57. The normalized spacial score (nSPS) is 10.9. The monoisotopic (exact) mass is 469 g/mol. The Morgan fingerprint density at radius 1 is 0.758 bits per heavy atom. The number of ether oxygens (including phenoxy) is 7. The van der Waals surface area contributed by atoms with Crippen molar-refractivity contribution >= 4 is 5.69 Å². The van der Waals surface area contributed by atoms with Crippen molar-refractivity contribution in [3.05, 3.63) is 28.1 Å². The van der Waals surface area contributed by atoms with Gasteiger partial charge in [-0.15, -0.1) is 0 Å². The van der Waals surface area contributed by atoms with Crippen LogP contribution in [0.25, 0.3) is 10.4 Å². The van der Waals surface area contributed by atoms with E-state index in [2.05, 4.69) is 16.9 Å². The molecule has 188 valence electrons. The molecule has 0 amide bonds. The molecule has 0 atom stereocenters. The number of hydrogen-bond donors (Lipinski definition) is 0. The van der Waals surface area contributed by atoms with E-state index in [1.54, 1.807) is 19.2 Å². The van der Waals surface area contributed by atoms with Crippen molar-refractivity contribution in [2.45, 2.75) is 33.1 Å². The van der Waals surface area contributed by atoms with E-state index in [4.69, 9.17) is 38.7 Å². The fourth-order valence-electron chi connectivity index (χ4n) is 2.74. The van der Waals surface area contributed by atoms with Crippen molar-refractivity contribution in [3.63, 3.8) is 0 Å². The zero-order valence-electron chi connectivity index (χ0n) is 20.4. The van der Waals surface area contributed by atoms with E-state index in [0.29, 0.717) is 83.3 Å². The molecule has 0 spiro atoms. The molecule has 0 fully saturated rings. The molecule has 10 nitrogen and oxygen atoms in total. The zero-order valence-corrected chi connectivity index (χ0v) is 20.4. The summed E-state index contributed by atoms with van der Waals surface area (Å²) in [5.41, 5.74) is 10.3. The van der Waals surface area contributed by atoms with Crippen LogP contribution in [0.5, 0.6) is 11.5 Å². The van der Waals surface area contributed by atoms with Gasteiger partial charge in [0.25, 0.3) is 0 Å². The van der Waals surface area contributed by atoms with Crippen molar-refractivity contribution in [3.8, 4) is 11.5 Å². The number of nitrogens with zero attached hydrogens (tertiary/aromatic N) is 3. The first-order valence-corrected chi connectivity index (χ1v) is 11.4. The SMILES string of the molecule is CCCOCCOCCOc1cc(OCCOCCOCCOC)c(N=[N+]=[N-])cc1C(C)C. The summed E-state index contributed by atoms with van der Waals surface area (Å²) in [5.74, 6) is 1.29. The van der Waals surface area contributed by atoms with E-state index in [9.17, 15) is 0 Å². The minimum Gasteiger partial charge on any atom is -0.491 e. The smallest absolute Gasteiger partial charge is 0.132 e.